The van der Waals surface area contributed by atoms with Crippen LogP contribution in [0.4, 0.5) is 11.5 Å². The van der Waals surface area contributed by atoms with E-state index < -0.39 is 0 Å². The van der Waals surface area contributed by atoms with Crippen LogP contribution < -0.4 is 11.1 Å². The lowest BCUT2D eigenvalue weighted by Gasteiger charge is -2.14. The van der Waals surface area contributed by atoms with Crippen molar-refractivity contribution in [3.05, 3.63) is 5.69 Å². The Labute approximate surface area is 103 Å². The molecule has 1 atom stereocenters. The van der Waals surface area contributed by atoms with Crippen LogP contribution in [0.3, 0.4) is 0 Å². The molecule has 3 N–H and O–H groups in total. The van der Waals surface area contributed by atoms with Crippen LogP contribution >= 0.6 is 0 Å². The maximum absolute atomic E-state index is 5.99. The van der Waals surface area contributed by atoms with E-state index in [1.807, 2.05) is 18.7 Å². The summed E-state index contributed by atoms with van der Waals surface area (Å²) < 4.78 is 1.83. The van der Waals surface area contributed by atoms with Gasteiger partial charge in [0.25, 0.3) is 0 Å². The lowest BCUT2D eigenvalue weighted by atomic mass is 10.1. The predicted octanol–water partition coefficient (Wildman–Crippen LogP) is 1.06. The van der Waals surface area contributed by atoms with Crippen LogP contribution in [0.15, 0.2) is 0 Å². The van der Waals surface area contributed by atoms with E-state index in [-0.39, 0.29) is 0 Å². The Morgan fingerprint density at radius 1 is 1.53 bits per heavy atom. The number of anilines is 2. The smallest absolute Gasteiger partial charge is 0.147 e. The second kappa shape index (κ2) is 4.96. The largest absolute Gasteiger partial charge is 0.394 e. The fourth-order valence-electron chi connectivity index (χ4n) is 2.49. The number of nitrogens with zero attached hydrogens (tertiary/aromatic N) is 3. The van der Waals surface area contributed by atoms with Gasteiger partial charge in [0, 0.05) is 20.1 Å². The minimum Gasteiger partial charge on any atom is -0.394 e. The second-order valence-corrected chi connectivity index (χ2v) is 4.90. The summed E-state index contributed by atoms with van der Waals surface area (Å²) in [4.78, 5) is 2.49. The SMILES string of the molecule is CCN1CCC(CNc2c(N)c(C)nn2C)C1. The molecule has 1 aromatic rings. The van der Waals surface area contributed by atoms with E-state index in [2.05, 4.69) is 22.2 Å². The number of hydrogen-bond donors (Lipinski definition) is 2. The molecule has 1 saturated heterocycles. The van der Waals surface area contributed by atoms with Crippen LogP contribution in [0.1, 0.15) is 19.0 Å². The fourth-order valence-corrected chi connectivity index (χ4v) is 2.49. The normalized spacial score (nSPS) is 21.0. The molecule has 0 amide bonds. The van der Waals surface area contributed by atoms with Gasteiger partial charge in [-0.05, 0) is 32.4 Å². The molecule has 0 saturated carbocycles. The van der Waals surface area contributed by atoms with Gasteiger partial charge in [0.2, 0.25) is 0 Å². The van der Waals surface area contributed by atoms with Gasteiger partial charge in [0.05, 0.1) is 11.4 Å². The molecular weight excluding hydrogens is 214 g/mol. The molecule has 0 aromatic carbocycles. The molecule has 1 aliphatic rings. The summed E-state index contributed by atoms with van der Waals surface area (Å²) in [5, 5.41) is 7.74. The Morgan fingerprint density at radius 3 is 2.82 bits per heavy atom. The standard InChI is InChI=1S/C12H23N5/c1-4-17-6-5-10(8-17)7-14-12-11(13)9(2)15-16(12)3/h10,14H,4-8,13H2,1-3H3. The number of nitrogens with one attached hydrogen (secondary N) is 1. The van der Waals surface area contributed by atoms with Gasteiger partial charge in [-0.2, -0.15) is 5.10 Å². The molecule has 0 aliphatic carbocycles. The first-order valence-corrected chi connectivity index (χ1v) is 6.37. The fraction of sp³-hybridized carbons (Fsp3) is 0.750. The minimum absolute atomic E-state index is 0.726. The van der Waals surface area contributed by atoms with Gasteiger partial charge in [0.1, 0.15) is 5.82 Å². The first-order chi connectivity index (χ1) is 8.11. The second-order valence-electron chi connectivity index (χ2n) is 4.90. The van der Waals surface area contributed by atoms with E-state index in [9.17, 15) is 0 Å². The number of aryl methyl sites for hydroxylation is 2. The summed E-state index contributed by atoms with van der Waals surface area (Å²) >= 11 is 0. The third-order valence-corrected chi connectivity index (χ3v) is 3.64. The Bertz CT molecular complexity index is 384. The van der Waals surface area contributed by atoms with E-state index in [0.29, 0.717) is 0 Å². The zero-order valence-electron chi connectivity index (χ0n) is 11.0. The number of hydrogen-bond acceptors (Lipinski definition) is 4. The number of aromatic nitrogens is 2. The molecule has 1 unspecified atom stereocenters. The van der Waals surface area contributed by atoms with E-state index in [1.54, 1.807) is 0 Å². The Balaban J connectivity index is 1.90. The van der Waals surface area contributed by atoms with Crippen molar-refractivity contribution in [1.29, 1.82) is 0 Å². The van der Waals surface area contributed by atoms with Crippen LogP contribution in [0.25, 0.3) is 0 Å². The highest BCUT2D eigenvalue weighted by molar-refractivity contribution is 5.64. The van der Waals surface area contributed by atoms with Crippen LogP contribution in [0, 0.1) is 12.8 Å². The molecule has 96 valence electrons. The molecule has 0 radical (unpaired) electrons. The van der Waals surface area contributed by atoms with E-state index in [1.165, 1.54) is 19.5 Å². The van der Waals surface area contributed by atoms with Gasteiger partial charge in [-0.15, -0.1) is 0 Å². The first-order valence-electron chi connectivity index (χ1n) is 6.37. The van der Waals surface area contributed by atoms with Crippen molar-refractivity contribution in [2.45, 2.75) is 20.3 Å². The summed E-state index contributed by atoms with van der Waals surface area (Å²) in [6, 6.07) is 0. The minimum atomic E-state index is 0.726. The number of rotatable bonds is 4. The highest BCUT2D eigenvalue weighted by atomic mass is 15.3. The summed E-state index contributed by atoms with van der Waals surface area (Å²) in [6.45, 7) is 8.72. The summed E-state index contributed by atoms with van der Waals surface area (Å²) in [6.07, 6.45) is 1.28. The molecule has 1 aromatic heterocycles. The zero-order chi connectivity index (χ0) is 12.4. The molecule has 1 aliphatic heterocycles. The molecule has 0 spiro atoms. The van der Waals surface area contributed by atoms with Crippen molar-refractivity contribution in [2.24, 2.45) is 13.0 Å². The highest BCUT2D eigenvalue weighted by Gasteiger charge is 2.21. The summed E-state index contributed by atoms with van der Waals surface area (Å²) in [5.74, 6) is 1.68. The molecule has 2 heterocycles. The molecule has 5 nitrogen and oxygen atoms in total. The summed E-state index contributed by atoms with van der Waals surface area (Å²) in [7, 11) is 1.93. The van der Waals surface area contributed by atoms with E-state index in [4.69, 9.17) is 5.73 Å². The monoisotopic (exact) mass is 237 g/mol. The van der Waals surface area contributed by atoms with Crippen molar-refractivity contribution in [3.8, 4) is 0 Å². The van der Waals surface area contributed by atoms with Gasteiger partial charge in [-0.1, -0.05) is 6.92 Å². The highest BCUT2D eigenvalue weighted by Crippen LogP contribution is 2.22. The van der Waals surface area contributed by atoms with Gasteiger partial charge in [0.15, 0.2) is 0 Å². The van der Waals surface area contributed by atoms with Gasteiger partial charge < -0.3 is 16.0 Å². The molecule has 17 heavy (non-hydrogen) atoms. The lowest BCUT2D eigenvalue weighted by Crippen LogP contribution is -2.23. The average molecular weight is 237 g/mol. The third kappa shape index (κ3) is 2.54. The molecule has 0 bridgehead atoms. The van der Waals surface area contributed by atoms with Crippen molar-refractivity contribution in [3.63, 3.8) is 0 Å². The van der Waals surface area contributed by atoms with Crippen molar-refractivity contribution in [2.75, 3.05) is 37.2 Å². The van der Waals surface area contributed by atoms with E-state index in [0.717, 1.165) is 36.2 Å². The maximum atomic E-state index is 5.99. The van der Waals surface area contributed by atoms with Crippen molar-refractivity contribution >= 4 is 11.5 Å². The summed E-state index contributed by atoms with van der Waals surface area (Å²) in [5.41, 5.74) is 7.66. The Kier molecular flexibility index (Phi) is 3.57. The molecular formula is C12H23N5. The number of nitrogen functional groups attached to an aromatic ring is 1. The Morgan fingerprint density at radius 2 is 2.29 bits per heavy atom. The van der Waals surface area contributed by atoms with Gasteiger partial charge in [-0.25, -0.2) is 0 Å². The van der Waals surface area contributed by atoms with Gasteiger partial charge >= 0.3 is 0 Å². The third-order valence-electron chi connectivity index (χ3n) is 3.64. The topological polar surface area (TPSA) is 59.1 Å². The molecule has 1 fully saturated rings. The van der Waals surface area contributed by atoms with E-state index >= 15 is 0 Å². The molecule has 5 heteroatoms. The quantitative estimate of drug-likeness (QED) is 0.822. The van der Waals surface area contributed by atoms with Crippen LogP contribution in [-0.2, 0) is 7.05 Å². The zero-order valence-corrected chi connectivity index (χ0v) is 11.0. The predicted molar refractivity (Wildman–Crippen MR) is 71.1 cm³/mol. The first kappa shape index (κ1) is 12.2. The van der Waals surface area contributed by atoms with Crippen LogP contribution in [-0.4, -0.2) is 40.9 Å². The van der Waals surface area contributed by atoms with Crippen molar-refractivity contribution in [1.82, 2.24) is 14.7 Å². The van der Waals surface area contributed by atoms with Crippen LogP contribution in [0.5, 0.6) is 0 Å². The Hall–Kier alpha value is -1.23. The maximum Gasteiger partial charge on any atom is 0.147 e. The number of likely N-dealkylation sites (tertiary alicyclic amines) is 1. The number of nitrogens with two attached hydrogens (primary N) is 1. The van der Waals surface area contributed by atoms with Crippen LogP contribution in [0.2, 0.25) is 0 Å². The van der Waals surface area contributed by atoms with Gasteiger partial charge in [-0.3, -0.25) is 4.68 Å². The molecule has 2 rings (SSSR count). The van der Waals surface area contributed by atoms with Crippen molar-refractivity contribution < 1.29 is 0 Å². The lowest BCUT2D eigenvalue weighted by molar-refractivity contribution is 0.345. The average Bonchev–Trinajstić information content (AvgIpc) is 2.84.